The number of carbonyl (C=O) groups excluding carboxylic acids is 1. The Morgan fingerprint density at radius 1 is 1.17 bits per heavy atom. The zero-order chi connectivity index (χ0) is 17.1. The van der Waals surface area contributed by atoms with Crippen molar-refractivity contribution in [2.24, 2.45) is 5.92 Å². The molecule has 5 nitrogen and oxygen atoms in total. The molecule has 2 aromatic rings. The summed E-state index contributed by atoms with van der Waals surface area (Å²) in [5, 5.41) is 11.9. The van der Waals surface area contributed by atoms with E-state index in [1.807, 2.05) is 0 Å². The molecule has 1 saturated carbocycles. The monoisotopic (exact) mass is 325 g/mol. The fourth-order valence-corrected chi connectivity index (χ4v) is 2.33. The highest BCUT2D eigenvalue weighted by molar-refractivity contribution is 6.05. The molecular formula is C19H19NO4. The highest BCUT2D eigenvalue weighted by Crippen LogP contribution is 2.29. The van der Waals surface area contributed by atoms with Crippen LogP contribution in [-0.4, -0.2) is 23.6 Å². The summed E-state index contributed by atoms with van der Waals surface area (Å²) in [6.07, 6.45) is 2.46. The van der Waals surface area contributed by atoms with E-state index in [2.05, 4.69) is 5.32 Å². The fourth-order valence-electron chi connectivity index (χ4n) is 2.33. The number of hydrogen-bond donors (Lipinski definition) is 2. The molecule has 0 radical (unpaired) electrons. The Balaban J connectivity index is 1.65. The van der Waals surface area contributed by atoms with Crippen molar-refractivity contribution >= 4 is 17.6 Å². The molecule has 1 aliphatic carbocycles. The van der Waals surface area contributed by atoms with Crippen molar-refractivity contribution in [3.63, 3.8) is 0 Å². The Bertz CT molecular complexity index is 763. The van der Waals surface area contributed by atoms with Crippen molar-refractivity contribution in [2.45, 2.75) is 19.8 Å². The van der Waals surface area contributed by atoms with Gasteiger partial charge in [0, 0.05) is 11.3 Å². The van der Waals surface area contributed by atoms with Crippen LogP contribution in [-0.2, 0) is 0 Å². The number of carboxylic acids is 1. The minimum absolute atomic E-state index is 0.177. The average molecular weight is 325 g/mol. The second-order valence-electron chi connectivity index (χ2n) is 6.07. The van der Waals surface area contributed by atoms with E-state index >= 15 is 0 Å². The second-order valence-corrected chi connectivity index (χ2v) is 6.07. The van der Waals surface area contributed by atoms with E-state index in [0.717, 1.165) is 12.4 Å². The van der Waals surface area contributed by atoms with Crippen molar-refractivity contribution < 1.29 is 19.4 Å². The Morgan fingerprint density at radius 3 is 2.50 bits per heavy atom. The van der Waals surface area contributed by atoms with Gasteiger partial charge in [-0.25, -0.2) is 4.79 Å². The Labute approximate surface area is 140 Å². The van der Waals surface area contributed by atoms with Gasteiger partial charge in [0.1, 0.15) is 5.75 Å². The zero-order valence-electron chi connectivity index (χ0n) is 13.4. The van der Waals surface area contributed by atoms with E-state index in [1.54, 1.807) is 43.3 Å². The first-order chi connectivity index (χ1) is 11.5. The number of carboxylic acid groups (broad SMARTS) is 1. The minimum Gasteiger partial charge on any atom is -0.493 e. The number of aryl methyl sites for hydroxylation is 1. The molecule has 24 heavy (non-hydrogen) atoms. The number of aromatic carboxylic acids is 1. The molecule has 0 saturated heterocycles. The maximum Gasteiger partial charge on any atom is 0.336 e. The van der Waals surface area contributed by atoms with Crippen LogP contribution in [0, 0.1) is 12.8 Å². The van der Waals surface area contributed by atoms with Gasteiger partial charge in [-0.15, -0.1) is 0 Å². The van der Waals surface area contributed by atoms with E-state index in [1.165, 1.54) is 18.9 Å². The standard InChI is InChI=1S/C19H19NO4/c1-12-2-7-15(10-17(12)19(22)23)20-18(21)14-5-8-16(9-6-14)24-11-13-3-4-13/h2,5-10,13H,3-4,11H2,1H3,(H,20,21)(H,22,23). The molecule has 0 aromatic heterocycles. The molecule has 0 heterocycles. The van der Waals surface area contributed by atoms with Crippen molar-refractivity contribution in [3.05, 3.63) is 59.2 Å². The summed E-state index contributed by atoms with van der Waals surface area (Å²) in [5.74, 6) is 0.129. The summed E-state index contributed by atoms with van der Waals surface area (Å²) in [6.45, 7) is 2.45. The molecule has 3 rings (SSSR count). The second kappa shape index (κ2) is 6.74. The molecule has 0 aliphatic heterocycles. The largest absolute Gasteiger partial charge is 0.493 e. The van der Waals surface area contributed by atoms with Crippen LogP contribution in [0.3, 0.4) is 0 Å². The van der Waals surface area contributed by atoms with Crippen molar-refractivity contribution in [3.8, 4) is 5.75 Å². The fraction of sp³-hybridized carbons (Fsp3) is 0.263. The summed E-state index contributed by atoms with van der Waals surface area (Å²) in [4.78, 5) is 23.4. The molecule has 5 heteroatoms. The van der Waals surface area contributed by atoms with Gasteiger partial charge < -0.3 is 15.2 Å². The van der Waals surface area contributed by atoms with Gasteiger partial charge in [-0.3, -0.25) is 4.79 Å². The molecule has 2 N–H and O–H groups in total. The van der Waals surface area contributed by atoms with Gasteiger partial charge in [0.2, 0.25) is 0 Å². The molecule has 124 valence electrons. The lowest BCUT2D eigenvalue weighted by Crippen LogP contribution is -2.12. The predicted molar refractivity (Wildman–Crippen MR) is 90.8 cm³/mol. The van der Waals surface area contributed by atoms with Crippen LogP contribution in [0.1, 0.15) is 39.1 Å². The van der Waals surface area contributed by atoms with Gasteiger partial charge in [0.05, 0.1) is 12.2 Å². The predicted octanol–water partition coefficient (Wildman–Crippen LogP) is 3.73. The summed E-state index contributed by atoms with van der Waals surface area (Å²) < 4.78 is 5.64. The van der Waals surface area contributed by atoms with Crippen LogP contribution in [0.2, 0.25) is 0 Å². The van der Waals surface area contributed by atoms with E-state index in [-0.39, 0.29) is 11.5 Å². The smallest absolute Gasteiger partial charge is 0.336 e. The number of nitrogens with one attached hydrogen (secondary N) is 1. The lowest BCUT2D eigenvalue weighted by Gasteiger charge is -2.09. The summed E-state index contributed by atoms with van der Waals surface area (Å²) >= 11 is 0. The molecule has 0 unspecified atom stereocenters. The first kappa shape index (κ1) is 16.1. The highest BCUT2D eigenvalue weighted by Gasteiger charge is 2.21. The topological polar surface area (TPSA) is 75.6 Å². The summed E-state index contributed by atoms with van der Waals surface area (Å²) in [7, 11) is 0. The van der Waals surface area contributed by atoms with Gasteiger partial charge in [0.25, 0.3) is 5.91 Å². The molecule has 0 atom stereocenters. The van der Waals surface area contributed by atoms with E-state index < -0.39 is 5.97 Å². The number of hydrogen-bond acceptors (Lipinski definition) is 3. The number of carbonyl (C=O) groups is 2. The highest BCUT2D eigenvalue weighted by atomic mass is 16.5. The van der Waals surface area contributed by atoms with Gasteiger partial charge in [-0.05, 0) is 67.6 Å². The molecule has 2 aromatic carbocycles. The Morgan fingerprint density at radius 2 is 1.88 bits per heavy atom. The maximum atomic E-state index is 12.3. The van der Waals surface area contributed by atoms with Crippen LogP contribution in [0.15, 0.2) is 42.5 Å². The van der Waals surface area contributed by atoms with Gasteiger partial charge in [-0.2, -0.15) is 0 Å². The van der Waals surface area contributed by atoms with Crippen LogP contribution in [0.4, 0.5) is 5.69 Å². The number of anilines is 1. The third kappa shape index (κ3) is 3.93. The summed E-state index contributed by atoms with van der Waals surface area (Å²) in [6, 6.07) is 11.8. The van der Waals surface area contributed by atoms with Crippen LogP contribution in [0.25, 0.3) is 0 Å². The van der Waals surface area contributed by atoms with Crippen LogP contribution < -0.4 is 10.1 Å². The SMILES string of the molecule is Cc1ccc(NC(=O)c2ccc(OCC3CC3)cc2)cc1C(=O)O. The Kier molecular flexibility index (Phi) is 4.51. The van der Waals surface area contributed by atoms with Crippen molar-refractivity contribution in [1.29, 1.82) is 0 Å². The quantitative estimate of drug-likeness (QED) is 0.848. The molecular weight excluding hydrogens is 306 g/mol. The zero-order valence-corrected chi connectivity index (χ0v) is 13.4. The first-order valence-corrected chi connectivity index (χ1v) is 7.91. The van der Waals surface area contributed by atoms with Crippen molar-refractivity contribution in [2.75, 3.05) is 11.9 Å². The number of rotatable bonds is 6. The average Bonchev–Trinajstić information content (AvgIpc) is 3.39. The molecule has 0 spiro atoms. The van der Waals surface area contributed by atoms with Crippen molar-refractivity contribution in [1.82, 2.24) is 0 Å². The third-order valence-corrected chi connectivity index (χ3v) is 4.02. The number of amides is 1. The lowest BCUT2D eigenvalue weighted by atomic mass is 10.1. The molecule has 1 fully saturated rings. The van der Waals surface area contributed by atoms with E-state index in [0.29, 0.717) is 22.7 Å². The first-order valence-electron chi connectivity index (χ1n) is 7.91. The normalized spacial score (nSPS) is 13.4. The number of benzene rings is 2. The Hall–Kier alpha value is -2.82. The molecule has 1 aliphatic rings. The minimum atomic E-state index is -1.01. The van der Waals surface area contributed by atoms with Crippen LogP contribution >= 0.6 is 0 Å². The van der Waals surface area contributed by atoms with Gasteiger partial charge in [0.15, 0.2) is 0 Å². The lowest BCUT2D eigenvalue weighted by molar-refractivity contribution is 0.0695. The molecule has 0 bridgehead atoms. The van der Waals surface area contributed by atoms with E-state index in [9.17, 15) is 9.59 Å². The van der Waals surface area contributed by atoms with Gasteiger partial charge in [-0.1, -0.05) is 6.07 Å². The van der Waals surface area contributed by atoms with E-state index in [4.69, 9.17) is 9.84 Å². The molecule has 1 amide bonds. The van der Waals surface area contributed by atoms with Crippen LogP contribution in [0.5, 0.6) is 5.75 Å². The van der Waals surface area contributed by atoms with Gasteiger partial charge >= 0.3 is 5.97 Å². The third-order valence-electron chi connectivity index (χ3n) is 4.02. The maximum absolute atomic E-state index is 12.3. The summed E-state index contributed by atoms with van der Waals surface area (Å²) in [5.41, 5.74) is 1.78. The number of ether oxygens (including phenoxy) is 1.